The van der Waals surface area contributed by atoms with E-state index in [9.17, 15) is 38.7 Å². The number of aliphatic hydroxyl groups is 1. The lowest BCUT2D eigenvalue weighted by Gasteiger charge is -2.39. The fourth-order valence-corrected chi connectivity index (χ4v) is 9.18. The standard InChI is InChI=1S/C33H55N3O6.C20H37N3O4S.C2H6/c1-10-22(4)30(35(7)28(37)19-21(2)3)27(41-8)20-29(38)36-18-14-17-26(36)32(42-9)23(5)33(40)34-24(6)31(39)25-15-12-11-13-16-25;1-14(2)18(19(21)27)22(6)16(25)10-8-7-9-11-23(13-24)17(26)12-15(3)20(4,5)28;1-2/h11-13,15-16,21-24,26-27,30-32,39H,10,14,17-20H2,1-9H3,(H,34,40);13-15,18,28H,7-12H2,1-6H3,(H2,21,27);1-2H3. The quantitative estimate of drug-likeness (QED) is 0.0354. The van der Waals surface area contributed by atoms with Crippen LogP contribution in [0.2, 0.25) is 0 Å². The zero-order valence-corrected chi connectivity index (χ0v) is 48.2. The summed E-state index contributed by atoms with van der Waals surface area (Å²) >= 11 is 4.47. The summed E-state index contributed by atoms with van der Waals surface area (Å²) in [6.45, 7) is 26.2. The lowest BCUT2D eigenvalue weighted by molar-refractivity contribution is -0.146. The van der Waals surface area contributed by atoms with Crippen molar-refractivity contribution in [1.29, 1.82) is 0 Å². The van der Waals surface area contributed by atoms with Gasteiger partial charge in [-0.2, -0.15) is 12.6 Å². The fourth-order valence-electron chi connectivity index (χ4n) is 9.09. The second-order valence-electron chi connectivity index (χ2n) is 20.8. The number of unbranched alkanes of at least 4 members (excludes halogenated alkanes) is 2. The molecule has 16 nitrogen and oxygen atoms in total. The van der Waals surface area contributed by atoms with Gasteiger partial charge < -0.3 is 40.3 Å². The van der Waals surface area contributed by atoms with Crippen LogP contribution in [0.4, 0.5) is 0 Å². The Kier molecular flexibility index (Phi) is 32.5. The van der Waals surface area contributed by atoms with Crippen molar-refractivity contribution in [3.63, 3.8) is 0 Å². The predicted molar refractivity (Wildman–Crippen MR) is 290 cm³/mol. The Labute approximate surface area is 440 Å². The number of carbonyl (C=O) groups excluding carboxylic acids is 7. The monoisotopic (exact) mass is 1030 g/mol. The molecule has 1 saturated heterocycles. The molecule has 0 spiro atoms. The first-order valence-corrected chi connectivity index (χ1v) is 26.8. The minimum atomic E-state index is -0.845. The second-order valence-corrected chi connectivity index (χ2v) is 21.9. The largest absolute Gasteiger partial charge is 0.386 e. The molecule has 17 heteroatoms. The van der Waals surface area contributed by atoms with E-state index in [2.05, 4.69) is 31.8 Å². The lowest BCUT2D eigenvalue weighted by Crippen LogP contribution is -2.53. The number of nitrogens with zero attached hydrogens (tertiary/aromatic N) is 4. The fraction of sp³-hybridized carbons (Fsp3) is 0.764. The number of ether oxygens (including phenoxy) is 2. The number of nitrogens with two attached hydrogens (primary N) is 1. The maximum Gasteiger partial charge on any atom is 0.240 e. The molecular formula is C55H98N6O10S. The van der Waals surface area contributed by atoms with Crippen LogP contribution in [0.5, 0.6) is 0 Å². The summed E-state index contributed by atoms with van der Waals surface area (Å²) in [5.74, 6) is -1.29. The van der Waals surface area contributed by atoms with Crippen LogP contribution in [0.15, 0.2) is 30.3 Å². The molecule has 2 rings (SSSR count). The Morgan fingerprint density at radius 1 is 0.875 bits per heavy atom. The van der Waals surface area contributed by atoms with Crippen LogP contribution in [0.25, 0.3) is 0 Å². The van der Waals surface area contributed by atoms with Crippen LogP contribution in [-0.2, 0) is 43.0 Å². The molecule has 1 aromatic carbocycles. The molecule has 7 amide bonds. The van der Waals surface area contributed by atoms with Crippen molar-refractivity contribution in [2.24, 2.45) is 35.3 Å². The third kappa shape index (κ3) is 22.2. The van der Waals surface area contributed by atoms with Gasteiger partial charge in [-0.25, -0.2) is 0 Å². The Morgan fingerprint density at radius 2 is 1.47 bits per heavy atom. The summed E-state index contributed by atoms with van der Waals surface area (Å²) in [6.07, 6.45) is 4.23. The maximum atomic E-state index is 13.8. The highest BCUT2D eigenvalue weighted by atomic mass is 32.1. The van der Waals surface area contributed by atoms with Crippen molar-refractivity contribution in [3.8, 4) is 0 Å². The summed E-state index contributed by atoms with van der Waals surface area (Å²) in [5.41, 5.74) is 6.11. The maximum absolute atomic E-state index is 13.8. The van der Waals surface area contributed by atoms with Crippen molar-refractivity contribution in [3.05, 3.63) is 35.9 Å². The third-order valence-electron chi connectivity index (χ3n) is 14.0. The summed E-state index contributed by atoms with van der Waals surface area (Å²) < 4.78 is 11.5. The highest BCUT2D eigenvalue weighted by molar-refractivity contribution is 7.81. The molecule has 4 N–H and O–H groups in total. The number of likely N-dealkylation sites (tertiary alicyclic amines) is 1. The number of primary amides is 1. The molecular weight excluding hydrogens is 937 g/mol. The van der Waals surface area contributed by atoms with Gasteiger partial charge in [0.2, 0.25) is 41.9 Å². The average Bonchev–Trinajstić information content (AvgIpc) is 3.82. The van der Waals surface area contributed by atoms with Gasteiger partial charge in [-0.05, 0) is 61.8 Å². The van der Waals surface area contributed by atoms with Crippen LogP contribution < -0.4 is 11.1 Å². The van der Waals surface area contributed by atoms with E-state index in [1.54, 1.807) is 40.0 Å². The summed E-state index contributed by atoms with van der Waals surface area (Å²) in [6, 6.07) is 7.61. The number of nitrogens with one attached hydrogen (secondary N) is 1. The van der Waals surface area contributed by atoms with Crippen LogP contribution in [0.1, 0.15) is 166 Å². The number of methoxy groups -OCH3 is 2. The topological polar surface area (TPSA) is 209 Å². The summed E-state index contributed by atoms with van der Waals surface area (Å²) in [5, 5.41) is 13.7. The van der Waals surface area contributed by atoms with E-state index in [1.165, 1.54) is 9.80 Å². The molecule has 0 aromatic heterocycles. The van der Waals surface area contributed by atoms with Gasteiger partial charge in [0.05, 0.1) is 48.8 Å². The molecule has 0 aliphatic carbocycles. The van der Waals surface area contributed by atoms with Crippen molar-refractivity contribution in [2.45, 2.75) is 201 Å². The molecule has 72 heavy (non-hydrogen) atoms. The van der Waals surface area contributed by atoms with Gasteiger partial charge in [0.15, 0.2) is 0 Å². The van der Waals surface area contributed by atoms with E-state index in [0.717, 1.165) is 24.8 Å². The molecule has 10 atom stereocenters. The molecule has 1 aliphatic rings. The van der Waals surface area contributed by atoms with Crippen LogP contribution >= 0.6 is 12.6 Å². The van der Waals surface area contributed by atoms with E-state index >= 15 is 0 Å². The zero-order chi connectivity index (χ0) is 55.6. The number of imide groups is 1. The lowest BCUT2D eigenvalue weighted by atomic mass is 9.90. The van der Waals surface area contributed by atoms with Gasteiger partial charge in [-0.15, -0.1) is 0 Å². The minimum Gasteiger partial charge on any atom is -0.386 e. The molecule has 1 heterocycles. The third-order valence-corrected chi connectivity index (χ3v) is 14.5. The number of hydrogen-bond donors (Lipinski definition) is 4. The number of thiol groups is 1. The van der Waals surface area contributed by atoms with Gasteiger partial charge in [0, 0.05) is 65.4 Å². The number of carbonyl (C=O) groups is 7. The van der Waals surface area contributed by atoms with E-state index in [0.29, 0.717) is 51.6 Å². The highest BCUT2D eigenvalue weighted by Gasteiger charge is 2.42. The zero-order valence-electron chi connectivity index (χ0n) is 47.3. The number of benzene rings is 1. The SMILES string of the molecule is CC.CC(C)C(C(N)=O)N(C)C(=O)CCCCCN(C=O)C(=O)CC(C)C(C)(C)S.CCC(C)C(C(CC(=O)N1CCCC1C(OC)C(C)C(=O)NC(C)C(O)c1ccccc1)OC)N(C)C(=O)CC(C)C. The van der Waals surface area contributed by atoms with E-state index in [1.807, 2.05) is 105 Å². The van der Waals surface area contributed by atoms with Gasteiger partial charge >= 0.3 is 0 Å². The number of hydrogen-bond acceptors (Lipinski definition) is 11. The molecule has 0 bridgehead atoms. The first-order chi connectivity index (χ1) is 33.7. The number of rotatable bonds is 29. The van der Waals surface area contributed by atoms with Crippen LogP contribution in [0, 0.1) is 29.6 Å². The minimum absolute atomic E-state index is 0.0399. The van der Waals surface area contributed by atoms with Gasteiger partial charge in [0.1, 0.15) is 6.04 Å². The van der Waals surface area contributed by atoms with Crippen LogP contribution in [0.3, 0.4) is 0 Å². The highest BCUT2D eigenvalue weighted by Crippen LogP contribution is 2.30. The molecule has 10 unspecified atom stereocenters. The Balaban J connectivity index is 0.00000146. The Bertz CT molecular complexity index is 1780. The van der Waals surface area contributed by atoms with E-state index in [-0.39, 0.29) is 82.9 Å². The van der Waals surface area contributed by atoms with Crippen molar-refractivity contribution in [1.82, 2.24) is 24.9 Å². The summed E-state index contributed by atoms with van der Waals surface area (Å²) in [7, 11) is 6.58. The predicted octanol–water partition coefficient (Wildman–Crippen LogP) is 7.45. The second kappa shape index (κ2) is 34.4. The van der Waals surface area contributed by atoms with Crippen LogP contribution in [-0.4, -0.2) is 149 Å². The molecule has 414 valence electrons. The Morgan fingerprint density at radius 3 is 1.96 bits per heavy atom. The van der Waals surface area contributed by atoms with Gasteiger partial charge in [-0.1, -0.05) is 126 Å². The van der Waals surface area contributed by atoms with Gasteiger partial charge in [-0.3, -0.25) is 38.5 Å². The van der Waals surface area contributed by atoms with Crippen molar-refractivity contribution in [2.75, 3.05) is 41.4 Å². The average molecular weight is 1040 g/mol. The van der Waals surface area contributed by atoms with Gasteiger partial charge in [0.25, 0.3) is 0 Å². The summed E-state index contributed by atoms with van der Waals surface area (Å²) in [4.78, 5) is 93.6. The first kappa shape index (κ1) is 67.9. The van der Waals surface area contributed by atoms with Crippen molar-refractivity contribution >= 4 is 54.5 Å². The normalized spacial score (nSPS) is 17.3. The molecule has 1 aliphatic heterocycles. The molecule has 0 radical (unpaired) electrons. The Hall–Kier alpha value is -4.06. The van der Waals surface area contributed by atoms with E-state index in [4.69, 9.17) is 15.2 Å². The van der Waals surface area contributed by atoms with Crippen molar-refractivity contribution < 1.29 is 48.1 Å². The smallest absolute Gasteiger partial charge is 0.240 e. The number of aliphatic hydroxyl groups excluding tert-OH is 1. The molecule has 0 saturated carbocycles. The first-order valence-electron chi connectivity index (χ1n) is 26.4. The molecule has 1 fully saturated rings. The number of likely N-dealkylation sites (N-methyl/N-ethyl adjacent to an activating group) is 2. The van der Waals surface area contributed by atoms with E-state index < -0.39 is 42.2 Å². The number of amides is 7. The molecule has 1 aromatic rings.